The Labute approximate surface area is 74.7 Å². The third-order valence-electron chi connectivity index (χ3n) is 1.91. The lowest BCUT2D eigenvalue weighted by atomic mass is 10.1. The molecule has 1 aliphatic heterocycles. The lowest BCUT2D eigenvalue weighted by Gasteiger charge is -2.17. The second-order valence-electron chi connectivity index (χ2n) is 2.64. The molecule has 1 aromatic rings. The van der Waals surface area contributed by atoms with Crippen molar-refractivity contribution in [1.29, 1.82) is 0 Å². The summed E-state index contributed by atoms with van der Waals surface area (Å²) in [6.07, 6.45) is 0.772. The van der Waals surface area contributed by atoms with Crippen LogP contribution in [0.25, 0.3) is 0 Å². The van der Waals surface area contributed by atoms with Gasteiger partial charge in [-0.1, -0.05) is 11.6 Å². The van der Waals surface area contributed by atoms with Crippen LogP contribution in [0.5, 0.6) is 0 Å². The Kier molecular flexibility index (Phi) is 1.86. The van der Waals surface area contributed by atoms with Crippen LogP contribution in [0, 0.1) is 0 Å². The first-order valence-corrected chi connectivity index (χ1v) is 4.04. The minimum atomic E-state index is 0.425. The summed E-state index contributed by atoms with van der Waals surface area (Å²) in [7, 11) is 0. The first-order chi connectivity index (χ1) is 5.79. The zero-order chi connectivity index (χ0) is 8.55. The van der Waals surface area contributed by atoms with E-state index >= 15 is 0 Å². The maximum atomic E-state index is 5.83. The van der Waals surface area contributed by atoms with Crippen molar-refractivity contribution in [2.24, 2.45) is 0 Å². The molecule has 0 saturated carbocycles. The van der Waals surface area contributed by atoms with E-state index in [0.717, 1.165) is 17.5 Å². The van der Waals surface area contributed by atoms with Gasteiger partial charge in [0, 0.05) is 11.1 Å². The zero-order valence-corrected chi connectivity index (χ0v) is 7.14. The molecule has 0 amide bonds. The summed E-state index contributed by atoms with van der Waals surface area (Å²) < 4.78 is 5.23. The maximum Gasteiger partial charge on any atom is 0.155 e. The monoisotopic (exact) mass is 185 g/mol. The minimum Gasteiger partial charge on any atom is -0.382 e. The molecule has 0 saturated heterocycles. The molecular weight excluding hydrogens is 178 g/mol. The van der Waals surface area contributed by atoms with Gasteiger partial charge in [-0.15, -0.1) is 10.2 Å². The van der Waals surface area contributed by atoms with Crippen molar-refractivity contribution < 1.29 is 4.74 Å². The van der Waals surface area contributed by atoms with Crippen LogP contribution >= 0.6 is 11.6 Å². The fourth-order valence-electron chi connectivity index (χ4n) is 1.26. The third kappa shape index (κ3) is 1.13. The molecule has 12 heavy (non-hydrogen) atoms. The molecule has 64 valence electrons. The van der Waals surface area contributed by atoms with Crippen molar-refractivity contribution in [3.8, 4) is 0 Å². The SMILES string of the molecule is Nc1nnc(Cl)c2c1COCC2. The molecule has 5 heteroatoms. The normalized spacial score (nSPS) is 15.8. The van der Waals surface area contributed by atoms with Gasteiger partial charge in [-0.05, 0) is 6.42 Å². The number of halogens is 1. The van der Waals surface area contributed by atoms with E-state index in [4.69, 9.17) is 22.1 Å². The van der Waals surface area contributed by atoms with Gasteiger partial charge in [-0.2, -0.15) is 0 Å². The molecule has 2 heterocycles. The van der Waals surface area contributed by atoms with Gasteiger partial charge in [0.2, 0.25) is 0 Å². The number of anilines is 1. The maximum absolute atomic E-state index is 5.83. The van der Waals surface area contributed by atoms with E-state index in [-0.39, 0.29) is 0 Å². The predicted octanol–water partition coefficient (Wildman–Crippen LogP) is 0.785. The average Bonchev–Trinajstić information content (AvgIpc) is 2.12. The molecule has 0 bridgehead atoms. The standard InChI is InChI=1S/C7H8ClN3O/c8-6-4-1-2-12-3-5(4)7(9)11-10-6/h1-3H2,(H2,9,11). The lowest BCUT2D eigenvalue weighted by Crippen LogP contribution is -2.14. The molecule has 1 aliphatic rings. The molecule has 0 radical (unpaired) electrons. The number of hydrogen-bond donors (Lipinski definition) is 1. The van der Waals surface area contributed by atoms with Gasteiger partial charge in [-0.25, -0.2) is 0 Å². The van der Waals surface area contributed by atoms with Crippen molar-refractivity contribution >= 4 is 17.4 Å². The van der Waals surface area contributed by atoms with Crippen LogP contribution in [-0.2, 0) is 17.8 Å². The number of nitrogens with two attached hydrogens (primary N) is 1. The van der Waals surface area contributed by atoms with Crippen molar-refractivity contribution in [1.82, 2.24) is 10.2 Å². The molecule has 0 aliphatic carbocycles. The van der Waals surface area contributed by atoms with Crippen LogP contribution in [0.15, 0.2) is 0 Å². The number of fused-ring (bicyclic) bond motifs is 1. The number of aromatic nitrogens is 2. The average molecular weight is 186 g/mol. The van der Waals surface area contributed by atoms with E-state index in [0.29, 0.717) is 24.2 Å². The van der Waals surface area contributed by atoms with Gasteiger partial charge < -0.3 is 10.5 Å². The summed E-state index contributed by atoms with van der Waals surface area (Å²) >= 11 is 5.83. The summed E-state index contributed by atoms with van der Waals surface area (Å²) in [5.74, 6) is 0.425. The second-order valence-corrected chi connectivity index (χ2v) is 2.99. The van der Waals surface area contributed by atoms with Crippen LogP contribution in [-0.4, -0.2) is 16.8 Å². The molecule has 0 fully saturated rings. The van der Waals surface area contributed by atoms with Crippen molar-refractivity contribution in [2.75, 3.05) is 12.3 Å². The Bertz CT molecular complexity index is 285. The van der Waals surface area contributed by atoms with Crippen LogP contribution in [0.4, 0.5) is 5.82 Å². The largest absolute Gasteiger partial charge is 0.382 e. The van der Waals surface area contributed by atoms with Crippen LogP contribution < -0.4 is 5.73 Å². The molecule has 0 atom stereocenters. The Morgan fingerprint density at radius 3 is 2.92 bits per heavy atom. The summed E-state index contributed by atoms with van der Waals surface area (Å²) in [4.78, 5) is 0. The highest BCUT2D eigenvalue weighted by Crippen LogP contribution is 2.25. The molecule has 2 N–H and O–H groups in total. The van der Waals surface area contributed by atoms with Gasteiger partial charge in [0.1, 0.15) is 0 Å². The highest BCUT2D eigenvalue weighted by molar-refractivity contribution is 6.30. The predicted molar refractivity (Wildman–Crippen MR) is 44.8 cm³/mol. The quantitative estimate of drug-likeness (QED) is 0.649. The Morgan fingerprint density at radius 2 is 2.17 bits per heavy atom. The topological polar surface area (TPSA) is 61.0 Å². The first kappa shape index (κ1) is 7.76. The van der Waals surface area contributed by atoms with E-state index in [1.807, 2.05) is 0 Å². The highest BCUT2D eigenvalue weighted by atomic mass is 35.5. The molecule has 2 rings (SSSR count). The van der Waals surface area contributed by atoms with Gasteiger partial charge >= 0.3 is 0 Å². The molecule has 0 spiro atoms. The minimum absolute atomic E-state index is 0.425. The van der Waals surface area contributed by atoms with Gasteiger partial charge in [0.25, 0.3) is 0 Å². The fraction of sp³-hybridized carbons (Fsp3) is 0.429. The molecule has 0 aromatic carbocycles. The Hall–Kier alpha value is -0.870. The molecular formula is C7H8ClN3O. The van der Waals surface area contributed by atoms with E-state index in [2.05, 4.69) is 10.2 Å². The van der Waals surface area contributed by atoms with Crippen molar-refractivity contribution in [3.63, 3.8) is 0 Å². The molecule has 4 nitrogen and oxygen atoms in total. The van der Waals surface area contributed by atoms with E-state index < -0.39 is 0 Å². The van der Waals surface area contributed by atoms with Crippen molar-refractivity contribution in [3.05, 3.63) is 16.3 Å². The summed E-state index contributed by atoms with van der Waals surface area (Å²) in [5, 5.41) is 7.88. The Morgan fingerprint density at radius 1 is 1.33 bits per heavy atom. The fourth-order valence-corrected chi connectivity index (χ4v) is 1.51. The molecule has 1 aromatic heterocycles. The Balaban J connectivity index is 2.57. The lowest BCUT2D eigenvalue weighted by molar-refractivity contribution is 0.111. The number of ether oxygens (including phenoxy) is 1. The third-order valence-corrected chi connectivity index (χ3v) is 2.21. The second kappa shape index (κ2) is 2.88. The highest BCUT2D eigenvalue weighted by Gasteiger charge is 2.17. The van der Waals surface area contributed by atoms with Crippen LogP contribution in [0.2, 0.25) is 5.15 Å². The van der Waals surface area contributed by atoms with Crippen LogP contribution in [0.1, 0.15) is 11.1 Å². The van der Waals surface area contributed by atoms with Gasteiger partial charge in [0.05, 0.1) is 13.2 Å². The number of nitrogens with zero attached hydrogens (tertiary/aromatic N) is 2. The zero-order valence-electron chi connectivity index (χ0n) is 6.38. The summed E-state index contributed by atoms with van der Waals surface area (Å²) in [6, 6.07) is 0. The van der Waals surface area contributed by atoms with E-state index in [1.165, 1.54) is 0 Å². The number of hydrogen-bond acceptors (Lipinski definition) is 4. The van der Waals surface area contributed by atoms with Gasteiger partial charge in [-0.3, -0.25) is 0 Å². The summed E-state index contributed by atoms with van der Waals surface area (Å²) in [6.45, 7) is 1.17. The summed E-state index contributed by atoms with van der Waals surface area (Å²) in [5.41, 5.74) is 7.47. The van der Waals surface area contributed by atoms with E-state index in [9.17, 15) is 0 Å². The first-order valence-electron chi connectivity index (χ1n) is 3.66. The number of rotatable bonds is 0. The van der Waals surface area contributed by atoms with Gasteiger partial charge in [0.15, 0.2) is 11.0 Å². The molecule has 0 unspecified atom stereocenters. The van der Waals surface area contributed by atoms with Crippen molar-refractivity contribution in [2.45, 2.75) is 13.0 Å². The number of nitrogen functional groups attached to an aromatic ring is 1. The van der Waals surface area contributed by atoms with Crippen LogP contribution in [0.3, 0.4) is 0 Å². The van der Waals surface area contributed by atoms with E-state index in [1.54, 1.807) is 0 Å². The smallest absolute Gasteiger partial charge is 0.155 e.